The predicted octanol–water partition coefficient (Wildman–Crippen LogP) is 1.96. The summed E-state index contributed by atoms with van der Waals surface area (Å²) in [5.41, 5.74) is 1.91. The first-order valence-electron chi connectivity index (χ1n) is 7.28. The third-order valence-corrected chi connectivity index (χ3v) is 4.90. The zero-order valence-electron chi connectivity index (χ0n) is 13.5. The van der Waals surface area contributed by atoms with Gasteiger partial charge < -0.3 is 15.4 Å². The van der Waals surface area contributed by atoms with Gasteiger partial charge in [-0.05, 0) is 35.1 Å². The van der Waals surface area contributed by atoms with Crippen LogP contribution in [0, 0.1) is 17.0 Å². The number of nitrogens with zero attached hydrogens (tertiary/aromatic N) is 4. The van der Waals surface area contributed by atoms with Crippen molar-refractivity contribution in [3.63, 3.8) is 0 Å². The molecule has 1 N–H and O–H groups in total. The van der Waals surface area contributed by atoms with Gasteiger partial charge in [-0.15, -0.1) is 0 Å². The van der Waals surface area contributed by atoms with Crippen LogP contribution in [0.4, 0.5) is 11.6 Å². The predicted molar refractivity (Wildman–Crippen MR) is 91.3 cm³/mol. The van der Waals surface area contributed by atoms with Crippen LogP contribution in [-0.4, -0.2) is 34.2 Å². The van der Waals surface area contributed by atoms with Gasteiger partial charge in [-0.3, -0.25) is 0 Å². The third kappa shape index (κ3) is 3.43. The van der Waals surface area contributed by atoms with E-state index in [0.29, 0.717) is 28.5 Å². The highest BCUT2D eigenvalue weighted by molar-refractivity contribution is 7.90. The Kier molecular flexibility index (Phi) is 4.13. The van der Waals surface area contributed by atoms with E-state index in [9.17, 15) is 18.5 Å². The molecule has 3 aromatic rings. The average molecular weight is 361 g/mol. The fourth-order valence-electron chi connectivity index (χ4n) is 2.51. The van der Waals surface area contributed by atoms with E-state index >= 15 is 0 Å². The molecular formula is C15H15N5O4S. The number of imidazole rings is 1. The Hall–Kier alpha value is -3.01. The second-order valence-electron chi connectivity index (χ2n) is 5.59. The minimum Gasteiger partial charge on any atom is -0.363 e. The number of benzene rings is 1. The number of nitrogens with one attached hydrogen (secondary N) is 1. The molecule has 10 heteroatoms. The summed E-state index contributed by atoms with van der Waals surface area (Å²) >= 11 is 0. The fraction of sp³-hybridized carbons (Fsp3) is 0.200. The summed E-state index contributed by atoms with van der Waals surface area (Å²) < 4.78 is 24.4. The Balaban J connectivity index is 1.82. The van der Waals surface area contributed by atoms with E-state index in [2.05, 4.69) is 15.4 Å². The summed E-state index contributed by atoms with van der Waals surface area (Å²) in [6.45, 7) is 2.13. The quantitative estimate of drug-likeness (QED) is 0.545. The number of rotatable bonds is 5. The van der Waals surface area contributed by atoms with Crippen LogP contribution in [0.5, 0.6) is 0 Å². The molecule has 9 nitrogen and oxygen atoms in total. The standard InChI is InChI=1S/C15H15N5O4S/c1-10-7-11(3-4-12(10)25(2,23)24)8-16-13-5-6-14-17-9-15(20(21)22)19(14)18-13/h3-7,9H,8H2,1-2H3,(H,16,18). The molecule has 0 bridgehead atoms. The van der Waals surface area contributed by atoms with E-state index in [4.69, 9.17) is 0 Å². The molecule has 0 aliphatic carbocycles. The molecule has 1 aromatic carbocycles. The van der Waals surface area contributed by atoms with Crippen LogP contribution < -0.4 is 5.32 Å². The van der Waals surface area contributed by atoms with Gasteiger partial charge in [-0.25, -0.2) is 13.4 Å². The van der Waals surface area contributed by atoms with Crippen LogP contribution in [0.2, 0.25) is 0 Å². The minimum atomic E-state index is -3.26. The van der Waals surface area contributed by atoms with Crippen molar-refractivity contribution < 1.29 is 13.3 Å². The van der Waals surface area contributed by atoms with Crippen molar-refractivity contribution in [1.29, 1.82) is 0 Å². The molecule has 0 fully saturated rings. The Morgan fingerprint density at radius 3 is 2.68 bits per heavy atom. The third-order valence-electron chi connectivity index (χ3n) is 3.64. The average Bonchev–Trinajstić information content (AvgIpc) is 2.95. The number of hydrogen-bond acceptors (Lipinski definition) is 7. The number of aryl methyl sites for hydroxylation is 1. The highest BCUT2D eigenvalue weighted by atomic mass is 32.2. The number of sulfone groups is 1. The van der Waals surface area contributed by atoms with Gasteiger partial charge in [0.15, 0.2) is 15.7 Å². The Bertz CT molecular complexity index is 1070. The lowest BCUT2D eigenvalue weighted by molar-refractivity contribution is -0.391. The maximum Gasteiger partial charge on any atom is 0.368 e. The molecule has 0 aliphatic heterocycles. The SMILES string of the molecule is Cc1cc(CNc2ccc3ncc([N+](=O)[O-])n3n2)ccc1S(C)(=O)=O. The molecule has 0 radical (unpaired) electrons. The first-order chi connectivity index (χ1) is 11.8. The molecule has 0 aliphatic rings. The van der Waals surface area contributed by atoms with Crippen LogP contribution in [0.15, 0.2) is 41.4 Å². The zero-order valence-corrected chi connectivity index (χ0v) is 14.3. The number of aromatic nitrogens is 3. The second kappa shape index (κ2) is 6.13. The van der Waals surface area contributed by atoms with Crippen molar-refractivity contribution in [2.45, 2.75) is 18.4 Å². The molecule has 0 amide bonds. The number of nitro groups is 1. The second-order valence-corrected chi connectivity index (χ2v) is 7.57. The van der Waals surface area contributed by atoms with E-state index in [0.717, 1.165) is 16.3 Å². The van der Waals surface area contributed by atoms with E-state index in [1.54, 1.807) is 37.3 Å². The lowest BCUT2D eigenvalue weighted by Crippen LogP contribution is -2.06. The van der Waals surface area contributed by atoms with Gasteiger partial charge in [0.05, 0.1) is 4.90 Å². The molecule has 0 spiro atoms. The maximum atomic E-state index is 11.6. The topological polar surface area (TPSA) is 120 Å². The van der Waals surface area contributed by atoms with Gasteiger partial charge in [-0.1, -0.05) is 21.7 Å². The lowest BCUT2D eigenvalue weighted by atomic mass is 10.1. The Morgan fingerprint density at radius 1 is 1.28 bits per heavy atom. The maximum absolute atomic E-state index is 11.6. The first-order valence-corrected chi connectivity index (χ1v) is 9.17. The number of hydrogen-bond donors (Lipinski definition) is 1. The molecule has 25 heavy (non-hydrogen) atoms. The summed E-state index contributed by atoms with van der Waals surface area (Å²) in [6.07, 6.45) is 2.32. The van der Waals surface area contributed by atoms with Gasteiger partial charge in [-0.2, -0.15) is 0 Å². The summed E-state index contributed by atoms with van der Waals surface area (Å²) in [5, 5.41) is 18.2. The lowest BCUT2D eigenvalue weighted by Gasteiger charge is -2.08. The molecule has 0 saturated carbocycles. The van der Waals surface area contributed by atoms with Crippen LogP contribution in [-0.2, 0) is 16.4 Å². The van der Waals surface area contributed by atoms with Crippen molar-refractivity contribution in [2.75, 3.05) is 11.6 Å². The normalized spacial score (nSPS) is 11.6. The van der Waals surface area contributed by atoms with Crippen molar-refractivity contribution in [2.24, 2.45) is 0 Å². The largest absolute Gasteiger partial charge is 0.368 e. The van der Waals surface area contributed by atoms with Gasteiger partial charge in [0.2, 0.25) is 5.65 Å². The van der Waals surface area contributed by atoms with Crippen LogP contribution in [0.3, 0.4) is 0 Å². The Morgan fingerprint density at radius 2 is 2.04 bits per heavy atom. The van der Waals surface area contributed by atoms with Crippen LogP contribution in [0.25, 0.3) is 5.65 Å². The number of fused-ring (bicyclic) bond motifs is 1. The molecule has 3 rings (SSSR count). The van der Waals surface area contributed by atoms with E-state index in [-0.39, 0.29) is 5.82 Å². The zero-order chi connectivity index (χ0) is 18.2. The van der Waals surface area contributed by atoms with Crippen LogP contribution >= 0.6 is 0 Å². The van der Waals surface area contributed by atoms with Crippen molar-refractivity contribution in [3.8, 4) is 0 Å². The van der Waals surface area contributed by atoms with Gasteiger partial charge >= 0.3 is 5.82 Å². The van der Waals surface area contributed by atoms with Crippen molar-refractivity contribution >= 4 is 27.1 Å². The summed E-state index contributed by atoms with van der Waals surface area (Å²) in [4.78, 5) is 14.6. The smallest absolute Gasteiger partial charge is 0.363 e. The molecular weight excluding hydrogens is 346 g/mol. The van der Waals surface area contributed by atoms with E-state index < -0.39 is 14.8 Å². The highest BCUT2D eigenvalue weighted by Crippen LogP contribution is 2.18. The van der Waals surface area contributed by atoms with Gasteiger partial charge in [0.1, 0.15) is 6.20 Å². The summed E-state index contributed by atoms with van der Waals surface area (Å²) in [6, 6.07) is 8.36. The monoisotopic (exact) mass is 361 g/mol. The summed E-state index contributed by atoms with van der Waals surface area (Å²) in [5.74, 6) is 0.227. The Labute approximate surface area is 143 Å². The first kappa shape index (κ1) is 16.8. The van der Waals surface area contributed by atoms with Crippen molar-refractivity contribution in [3.05, 3.63) is 57.8 Å². The highest BCUT2D eigenvalue weighted by Gasteiger charge is 2.16. The minimum absolute atomic E-state index is 0.216. The molecule has 0 atom stereocenters. The van der Waals surface area contributed by atoms with E-state index in [1.807, 2.05) is 0 Å². The molecule has 0 unspecified atom stereocenters. The fourth-order valence-corrected chi connectivity index (χ4v) is 3.47. The van der Waals surface area contributed by atoms with Gasteiger partial charge in [0.25, 0.3) is 0 Å². The molecule has 130 valence electrons. The van der Waals surface area contributed by atoms with E-state index in [1.165, 1.54) is 6.26 Å². The molecule has 0 saturated heterocycles. The van der Waals surface area contributed by atoms with Crippen LogP contribution in [0.1, 0.15) is 11.1 Å². The van der Waals surface area contributed by atoms with Crippen molar-refractivity contribution in [1.82, 2.24) is 14.6 Å². The number of anilines is 1. The van der Waals surface area contributed by atoms with Gasteiger partial charge in [0, 0.05) is 18.9 Å². The molecule has 2 aromatic heterocycles. The summed E-state index contributed by atoms with van der Waals surface area (Å²) in [7, 11) is -3.26. The molecule has 2 heterocycles.